The Morgan fingerprint density at radius 3 is 2.48 bits per heavy atom. The van der Waals surface area contributed by atoms with Crippen molar-refractivity contribution in [1.29, 1.82) is 0 Å². The molecule has 0 aliphatic heterocycles. The lowest BCUT2D eigenvalue weighted by atomic mass is 10.2. The van der Waals surface area contributed by atoms with E-state index in [1.807, 2.05) is 0 Å². The van der Waals surface area contributed by atoms with E-state index in [1.165, 1.54) is 27.2 Å². The van der Waals surface area contributed by atoms with Gasteiger partial charge in [0.05, 0.1) is 25.1 Å². The van der Waals surface area contributed by atoms with Crippen molar-refractivity contribution >= 4 is 16.9 Å². The normalized spacial score (nSPS) is 10.5. The smallest absolute Gasteiger partial charge is 0.347 e. The second-order valence-electron chi connectivity index (χ2n) is 5.15. The molecule has 0 unspecified atom stereocenters. The van der Waals surface area contributed by atoms with Crippen molar-refractivity contribution in [2.45, 2.75) is 6.92 Å². The summed E-state index contributed by atoms with van der Waals surface area (Å²) in [7, 11) is 3.05. The molecule has 0 spiro atoms. The number of nitrogens with zero attached hydrogens (tertiary/aromatic N) is 1. The number of hydrogen-bond acceptors (Lipinski definition) is 7. The summed E-state index contributed by atoms with van der Waals surface area (Å²) in [4.78, 5) is 27.7. The Bertz CT molecular complexity index is 1010. The molecule has 3 aromatic rings. The van der Waals surface area contributed by atoms with Crippen LogP contribution in [0.25, 0.3) is 22.4 Å². The number of ether oxygens (including phenoxy) is 3. The van der Waals surface area contributed by atoms with Crippen LogP contribution < -0.4 is 19.8 Å². The van der Waals surface area contributed by atoms with Crippen LogP contribution in [0, 0.1) is 0 Å². The fourth-order valence-electron chi connectivity index (χ4n) is 2.37. The highest BCUT2D eigenvalue weighted by Gasteiger charge is 2.13. The lowest BCUT2D eigenvalue weighted by molar-refractivity contribution is -0.131. The third-order valence-electron chi connectivity index (χ3n) is 3.49. The van der Waals surface area contributed by atoms with E-state index in [1.54, 1.807) is 30.3 Å². The van der Waals surface area contributed by atoms with Crippen molar-refractivity contribution in [2.75, 3.05) is 14.2 Å². The van der Waals surface area contributed by atoms with Crippen molar-refractivity contribution in [3.63, 3.8) is 0 Å². The third-order valence-corrected chi connectivity index (χ3v) is 3.49. The van der Waals surface area contributed by atoms with Gasteiger partial charge < -0.3 is 18.6 Å². The number of esters is 1. The van der Waals surface area contributed by atoms with E-state index in [-0.39, 0.29) is 17.0 Å². The van der Waals surface area contributed by atoms with E-state index in [2.05, 4.69) is 4.98 Å². The molecule has 0 radical (unpaired) electrons. The Kier molecular flexibility index (Phi) is 4.38. The van der Waals surface area contributed by atoms with Crippen molar-refractivity contribution in [3.8, 4) is 28.7 Å². The molecule has 0 saturated carbocycles. The number of benzene rings is 2. The van der Waals surface area contributed by atoms with Gasteiger partial charge >= 0.3 is 11.6 Å². The summed E-state index contributed by atoms with van der Waals surface area (Å²) in [6.07, 6.45) is 0. The summed E-state index contributed by atoms with van der Waals surface area (Å²) in [6, 6.07) is 9.66. The monoisotopic (exact) mass is 341 g/mol. The average molecular weight is 341 g/mol. The third kappa shape index (κ3) is 3.30. The summed E-state index contributed by atoms with van der Waals surface area (Å²) in [5.41, 5.74) is 0.418. The molecule has 2 aromatic carbocycles. The van der Waals surface area contributed by atoms with Crippen molar-refractivity contribution in [1.82, 2.24) is 4.98 Å². The quantitative estimate of drug-likeness (QED) is 0.532. The predicted octanol–water partition coefficient (Wildman–Crippen LogP) is 2.80. The highest BCUT2D eigenvalue weighted by atomic mass is 16.5. The summed E-state index contributed by atoms with van der Waals surface area (Å²) in [5, 5.41) is 0.225. The number of methoxy groups -OCH3 is 2. The molecule has 0 fully saturated rings. The van der Waals surface area contributed by atoms with Crippen LogP contribution in [0.5, 0.6) is 17.2 Å². The van der Waals surface area contributed by atoms with Gasteiger partial charge in [0.1, 0.15) is 5.75 Å². The van der Waals surface area contributed by atoms with Gasteiger partial charge in [-0.25, -0.2) is 9.78 Å². The van der Waals surface area contributed by atoms with Gasteiger partial charge in [0.15, 0.2) is 11.5 Å². The number of carbonyl (C=O) groups excluding carboxylic acids is 1. The Hall–Kier alpha value is -3.35. The minimum absolute atomic E-state index is 0.152. The van der Waals surface area contributed by atoms with Crippen LogP contribution in [0.2, 0.25) is 0 Å². The summed E-state index contributed by atoms with van der Waals surface area (Å²) in [5.74, 6) is 0.987. The predicted molar refractivity (Wildman–Crippen MR) is 90.1 cm³/mol. The summed E-state index contributed by atoms with van der Waals surface area (Å²) >= 11 is 0. The first-order valence-corrected chi connectivity index (χ1v) is 7.37. The van der Waals surface area contributed by atoms with Gasteiger partial charge in [0.25, 0.3) is 0 Å². The van der Waals surface area contributed by atoms with Gasteiger partial charge in [0.2, 0.25) is 5.89 Å². The lowest BCUT2D eigenvalue weighted by Gasteiger charge is -2.09. The number of hydrogen-bond donors (Lipinski definition) is 0. The van der Waals surface area contributed by atoms with E-state index in [0.717, 1.165) is 0 Å². The molecular formula is C18H15NO6. The molecule has 0 amide bonds. The van der Waals surface area contributed by atoms with Crippen molar-refractivity contribution in [2.24, 2.45) is 0 Å². The zero-order valence-electron chi connectivity index (χ0n) is 13.9. The van der Waals surface area contributed by atoms with Gasteiger partial charge in [-0.05, 0) is 36.4 Å². The van der Waals surface area contributed by atoms with Gasteiger partial charge in [-0.2, -0.15) is 0 Å². The molecule has 1 aromatic heterocycles. The number of aromatic nitrogens is 1. The molecular weight excluding hydrogens is 326 g/mol. The van der Waals surface area contributed by atoms with Crippen LogP contribution >= 0.6 is 0 Å². The first kappa shape index (κ1) is 16.5. The zero-order chi connectivity index (χ0) is 18.0. The Morgan fingerprint density at radius 1 is 1.04 bits per heavy atom. The van der Waals surface area contributed by atoms with Gasteiger partial charge in [-0.1, -0.05) is 0 Å². The average Bonchev–Trinajstić information content (AvgIpc) is 2.61. The topological polar surface area (TPSA) is 87.9 Å². The Morgan fingerprint density at radius 2 is 1.80 bits per heavy atom. The molecule has 3 rings (SSSR count). The summed E-state index contributed by atoms with van der Waals surface area (Å²) < 4.78 is 20.7. The fraction of sp³-hybridized carbons (Fsp3) is 0.167. The second-order valence-corrected chi connectivity index (χ2v) is 5.15. The van der Waals surface area contributed by atoms with Crippen molar-refractivity contribution in [3.05, 3.63) is 46.8 Å². The molecule has 7 nitrogen and oxygen atoms in total. The van der Waals surface area contributed by atoms with E-state index < -0.39 is 11.6 Å². The Labute approximate surface area is 142 Å². The first-order chi connectivity index (χ1) is 12.0. The van der Waals surface area contributed by atoms with E-state index in [9.17, 15) is 9.59 Å². The SMILES string of the molecule is COc1ccc(-c2nc3ccc(OC(C)=O)cc3c(=O)o2)cc1OC. The van der Waals surface area contributed by atoms with Crippen LogP contribution in [0.3, 0.4) is 0 Å². The molecule has 0 aliphatic rings. The number of rotatable bonds is 4. The molecule has 1 heterocycles. The molecule has 25 heavy (non-hydrogen) atoms. The maximum Gasteiger partial charge on any atom is 0.347 e. The molecule has 0 bridgehead atoms. The lowest BCUT2D eigenvalue weighted by Crippen LogP contribution is -2.05. The molecule has 0 atom stereocenters. The highest BCUT2D eigenvalue weighted by Crippen LogP contribution is 2.31. The number of carbonyl (C=O) groups is 1. The largest absolute Gasteiger partial charge is 0.493 e. The zero-order valence-corrected chi connectivity index (χ0v) is 13.9. The number of fused-ring (bicyclic) bond motifs is 1. The minimum Gasteiger partial charge on any atom is -0.493 e. The van der Waals surface area contributed by atoms with Crippen LogP contribution in [0.4, 0.5) is 0 Å². The van der Waals surface area contributed by atoms with Crippen LogP contribution in [0.1, 0.15) is 6.92 Å². The molecule has 0 N–H and O–H groups in total. The van der Waals surface area contributed by atoms with Gasteiger partial charge in [0, 0.05) is 12.5 Å². The molecule has 7 heteroatoms. The molecule has 0 aliphatic carbocycles. The van der Waals surface area contributed by atoms with Crippen LogP contribution in [0.15, 0.2) is 45.6 Å². The standard InChI is InChI=1S/C18H15NO6/c1-10(20)24-12-5-6-14-13(9-12)18(21)25-17(19-14)11-4-7-15(22-2)16(8-11)23-3/h4-9H,1-3H3. The second kappa shape index (κ2) is 6.64. The molecule has 128 valence electrons. The van der Waals surface area contributed by atoms with Crippen LogP contribution in [-0.2, 0) is 4.79 Å². The maximum atomic E-state index is 12.3. The fourth-order valence-corrected chi connectivity index (χ4v) is 2.37. The Balaban J connectivity index is 2.09. The minimum atomic E-state index is -0.580. The van der Waals surface area contributed by atoms with E-state index in [4.69, 9.17) is 18.6 Å². The maximum absolute atomic E-state index is 12.3. The first-order valence-electron chi connectivity index (χ1n) is 7.37. The molecule has 0 saturated heterocycles. The van der Waals surface area contributed by atoms with E-state index in [0.29, 0.717) is 22.6 Å². The summed E-state index contributed by atoms with van der Waals surface area (Å²) in [6.45, 7) is 1.28. The van der Waals surface area contributed by atoms with Gasteiger partial charge in [-0.3, -0.25) is 4.79 Å². The van der Waals surface area contributed by atoms with Gasteiger partial charge in [-0.15, -0.1) is 0 Å². The van der Waals surface area contributed by atoms with E-state index >= 15 is 0 Å². The van der Waals surface area contributed by atoms with Crippen molar-refractivity contribution < 1.29 is 23.4 Å². The van der Waals surface area contributed by atoms with Crippen LogP contribution in [-0.4, -0.2) is 25.2 Å². The highest BCUT2D eigenvalue weighted by molar-refractivity contribution is 5.81.